The van der Waals surface area contributed by atoms with Crippen LogP contribution in [0.3, 0.4) is 0 Å². The van der Waals surface area contributed by atoms with Crippen molar-refractivity contribution >= 4 is 128 Å². The Hall–Kier alpha value is -6.74. The number of halogens is 11. The first-order valence-corrected chi connectivity index (χ1v) is 42.3. The first-order chi connectivity index (χ1) is 54.6. The molecular weight excluding hydrogens is 1600 g/mol. The van der Waals surface area contributed by atoms with E-state index in [9.17, 15) is 27.6 Å². The number of piperidine rings is 3. The molecule has 12 nitrogen and oxygen atoms in total. The number of nitrogens with one attached hydrogen (secondary N) is 6. The highest BCUT2D eigenvalue weighted by molar-refractivity contribution is 6.43. The summed E-state index contributed by atoms with van der Waals surface area (Å²) in [6.07, 6.45) is 21.0. The number of likely N-dealkylation sites (tertiary alicyclic amines) is 3. The molecule has 9 aromatic rings. The third-order valence-corrected chi connectivity index (χ3v) is 26.3. The van der Waals surface area contributed by atoms with Gasteiger partial charge in [-0.15, -0.1) is 0 Å². The zero-order valence-electron chi connectivity index (χ0n) is 62.9. The molecule has 6 fully saturated rings. The second-order valence-corrected chi connectivity index (χ2v) is 34.0. The Balaban J connectivity index is 0.000000148. The van der Waals surface area contributed by atoms with Gasteiger partial charge in [0.15, 0.2) is 0 Å². The van der Waals surface area contributed by atoms with Crippen molar-refractivity contribution < 1.29 is 27.6 Å². The van der Waals surface area contributed by atoms with Gasteiger partial charge in [-0.25, -0.2) is 13.2 Å². The van der Waals surface area contributed by atoms with Gasteiger partial charge >= 0.3 is 0 Å². The lowest BCUT2D eigenvalue weighted by molar-refractivity contribution is -0.116. The van der Waals surface area contributed by atoms with Crippen LogP contribution in [0.4, 0.5) is 30.2 Å². The molecule has 594 valence electrons. The molecule has 0 aromatic heterocycles. The third kappa shape index (κ3) is 21.5. The first-order valence-electron chi connectivity index (χ1n) is 39.3. The fraction of sp³-hybridized carbons (Fsp3) is 0.367. The Labute approximate surface area is 701 Å². The molecule has 0 unspecified atom stereocenters. The number of anilines is 3. The number of benzene rings is 9. The highest BCUT2D eigenvalue weighted by atomic mass is 35.5. The van der Waals surface area contributed by atoms with Crippen LogP contribution in [0.5, 0.6) is 0 Å². The second kappa shape index (κ2) is 39.0. The highest BCUT2D eigenvalue weighted by Crippen LogP contribution is 2.43. The molecule has 3 saturated carbocycles. The summed E-state index contributed by atoms with van der Waals surface area (Å²) in [5.41, 5.74) is 9.91. The lowest BCUT2D eigenvalue weighted by Gasteiger charge is -2.45. The molecule has 6 N–H and O–H groups in total. The lowest BCUT2D eigenvalue weighted by Crippen LogP contribution is -2.54. The van der Waals surface area contributed by atoms with Gasteiger partial charge < -0.3 is 30.7 Å². The van der Waals surface area contributed by atoms with Crippen LogP contribution in [0, 0.1) is 17.5 Å². The van der Waals surface area contributed by atoms with E-state index in [4.69, 9.17) is 92.8 Å². The molecule has 113 heavy (non-hydrogen) atoms. The minimum absolute atomic E-state index is 0.0118. The van der Waals surface area contributed by atoms with Crippen LogP contribution in [0.15, 0.2) is 188 Å². The molecule has 3 saturated heterocycles. The molecule has 0 atom stereocenters. The van der Waals surface area contributed by atoms with Crippen molar-refractivity contribution in [2.45, 2.75) is 150 Å². The van der Waals surface area contributed by atoms with Gasteiger partial charge in [-0.3, -0.25) is 30.3 Å². The summed E-state index contributed by atoms with van der Waals surface area (Å²) in [5, 5.41) is 22.3. The molecule has 0 radical (unpaired) electrons. The molecule has 15 rings (SSSR count). The quantitative estimate of drug-likeness (QED) is 0.0416. The van der Waals surface area contributed by atoms with Crippen LogP contribution in [-0.2, 0) is 31.0 Å². The van der Waals surface area contributed by atoms with Gasteiger partial charge in [0.1, 0.15) is 17.5 Å². The van der Waals surface area contributed by atoms with Crippen molar-refractivity contribution in [2.75, 3.05) is 74.9 Å². The Morgan fingerprint density at radius 3 is 0.973 bits per heavy atom. The predicted molar refractivity (Wildman–Crippen MR) is 459 cm³/mol. The summed E-state index contributed by atoms with van der Waals surface area (Å²) in [4.78, 5) is 46.4. The molecule has 3 amide bonds. The van der Waals surface area contributed by atoms with Crippen molar-refractivity contribution in [1.82, 2.24) is 30.7 Å². The maximum atomic E-state index is 13.5. The molecule has 0 spiro atoms. The van der Waals surface area contributed by atoms with Crippen LogP contribution in [0.2, 0.25) is 40.2 Å². The summed E-state index contributed by atoms with van der Waals surface area (Å²) in [6.45, 7) is 6.34. The first kappa shape index (κ1) is 84.2. The van der Waals surface area contributed by atoms with Crippen LogP contribution in [0.25, 0.3) is 33.4 Å². The number of hydrogen-bond acceptors (Lipinski definition) is 9. The largest absolute Gasteiger partial charge is 0.325 e. The van der Waals surface area contributed by atoms with Gasteiger partial charge in [0.25, 0.3) is 0 Å². The van der Waals surface area contributed by atoms with E-state index in [-0.39, 0.29) is 69.0 Å². The molecule has 0 bridgehead atoms. The van der Waals surface area contributed by atoms with Gasteiger partial charge in [-0.2, -0.15) is 0 Å². The average molecular weight is 1690 g/mol. The summed E-state index contributed by atoms with van der Waals surface area (Å²) < 4.78 is 40.5. The van der Waals surface area contributed by atoms with E-state index < -0.39 is 17.5 Å². The van der Waals surface area contributed by atoms with Gasteiger partial charge in [-0.05, 0) is 207 Å². The van der Waals surface area contributed by atoms with Crippen LogP contribution >= 0.6 is 92.8 Å². The van der Waals surface area contributed by atoms with Gasteiger partial charge in [0.05, 0.1) is 44.7 Å². The van der Waals surface area contributed by atoms with Crippen molar-refractivity contribution in [3.63, 3.8) is 0 Å². The molecule has 6 aliphatic rings. The third-order valence-electron chi connectivity index (χ3n) is 23.8. The van der Waals surface area contributed by atoms with E-state index in [2.05, 4.69) is 119 Å². The van der Waals surface area contributed by atoms with Gasteiger partial charge in [-0.1, -0.05) is 228 Å². The monoisotopic (exact) mass is 1690 g/mol. The zero-order valence-corrected chi connectivity index (χ0v) is 69.0. The normalized spacial score (nSPS) is 18.0. The molecule has 3 aliphatic heterocycles. The fourth-order valence-electron chi connectivity index (χ4n) is 17.4. The van der Waals surface area contributed by atoms with Crippen LogP contribution in [0.1, 0.15) is 132 Å². The number of hydrogen-bond donors (Lipinski definition) is 6. The van der Waals surface area contributed by atoms with Crippen molar-refractivity contribution in [3.8, 4) is 33.4 Å². The Kier molecular flexibility index (Phi) is 29.1. The predicted octanol–water partition coefficient (Wildman–Crippen LogP) is 23.1. The maximum Gasteiger partial charge on any atom is 0.238 e. The van der Waals surface area contributed by atoms with Crippen molar-refractivity contribution in [1.29, 1.82) is 0 Å². The average Bonchev–Trinajstić information content (AvgIpc) is 0.904. The van der Waals surface area contributed by atoms with Gasteiger partial charge in [0, 0.05) is 117 Å². The molecule has 3 aliphatic carbocycles. The summed E-state index contributed by atoms with van der Waals surface area (Å²) in [6, 6.07) is 59.0. The van der Waals surface area contributed by atoms with E-state index in [1.807, 2.05) is 48.5 Å². The standard InChI is InChI=1S/2C30H31Cl3FN3O.C30H32Cl2FN3O/c31-25-7-3-6-24(29(25)33)20-8-10-21(11-9-20)30(14-16-37(17-15-30)23-4-1-2-5-23)35-19-28(38)36-22-12-13-27(34)26(32)18-22;31-22-9-11-26(32)25(17-22)20-5-7-21(8-6-20)30(13-15-37(16-14-30)24-3-1-2-4-24)35-19-29(38)36-23-10-12-28(34)27(33)18-23;31-24-11-7-22(8-12-24)21-5-9-23(10-6-21)30(15-17-36(18-16-30)26-3-1-2-4-26)34-20-29(37)35-25-13-14-28(33)27(32)19-25/h3,6-13,18,23,35H,1-2,4-5,14-17,19H2,(H,36,38);5-12,17-18,24,35H,1-4,13-16,19H2,(H,36,38);5-14,19,26,34H,1-4,15-18,20H2,(H,35,37). The Morgan fingerprint density at radius 1 is 0.327 bits per heavy atom. The number of nitrogens with zero attached hydrogens (tertiary/aromatic N) is 3. The Morgan fingerprint density at radius 2 is 0.637 bits per heavy atom. The smallest absolute Gasteiger partial charge is 0.238 e. The molecule has 3 heterocycles. The zero-order chi connectivity index (χ0) is 79.2. The molecule has 9 aromatic carbocycles. The van der Waals surface area contributed by atoms with E-state index in [0.717, 1.165) is 127 Å². The second-order valence-electron chi connectivity index (χ2n) is 30.7. The van der Waals surface area contributed by atoms with E-state index in [1.165, 1.54) is 137 Å². The molecular formula is C90H94Cl8F3N9O3. The minimum Gasteiger partial charge on any atom is -0.325 e. The topological polar surface area (TPSA) is 133 Å². The van der Waals surface area contributed by atoms with Gasteiger partial charge in [0.2, 0.25) is 17.7 Å². The maximum absolute atomic E-state index is 13.5. The highest BCUT2D eigenvalue weighted by Gasteiger charge is 2.42. The number of amides is 3. The van der Waals surface area contributed by atoms with Crippen LogP contribution < -0.4 is 31.9 Å². The molecule has 23 heteroatoms. The summed E-state index contributed by atoms with van der Waals surface area (Å²) >= 11 is 49.1. The number of carbonyl (C=O) groups is 3. The van der Waals surface area contributed by atoms with Crippen molar-refractivity contribution in [3.05, 3.63) is 262 Å². The summed E-state index contributed by atoms with van der Waals surface area (Å²) in [7, 11) is 0. The summed E-state index contributed by atoms with van der Waals surface area (Å²) in [5.74, 6) is -2.12. The lowest BCUT2D eigenvalue weighted by atomic mass is 9.79. The van der Waals surface area contributed by atoms with Crippen LogP contribution in [-0.4, -0.2) is 109 Å². The number of carbonyl (C=O) groups excluding carboxylic acids is 3. The van der Waals surface area contributed by atoms with Crippen molar-refractivity contribution in [2.24, 2.45) is 0 Å². The SMILES string of the molecule is O=C(CNC1(c2ccc(-c3cc(Cl)ccc3Cl)cc2)CCN(C2CCCC2)CC1)Nc1ccc(F)c(Cl)c1.O=C(CNC1(c2ccc(-c3ccc(Cl)cc3)cc2)CCN(C2CCCC2)CC1)Nc1ccc(F)c(Cl)c1.O=C(CNC1(c2ccc(-c3cccc(Cl)c3Cl)cc2)CCN(C2CCCC2)CC1)Nc1ccc(F)c(Cl)c1. The number of rotatable bonds is 21. The Bertz CT molecular complexity index is 4580. The van der Waals surface area contributed by atoms with E-state index in [0.29, 0.717) is 55.3 Å². The fourth-order valence-corrected chi connectivity index (χ4v) is 18.9. The minimum atomic E-state index is -0.515. The van der Waals surface area contributed by atoms with E-state index >= 15 is 0 Å². The van der Waals surface area contributed by atoms with E-state index in [1.54, 1.807) is 12.1 Å².